The largest absolute Gasteiger partial charge is 0.459 e. The first-order chi connectivity index (χ1) is 10.4. The lowest BCUT2D eigenvalue weighted by molar-refractivity contribution is -0.156. The van der Waals surface area contributed by atoms with Gasteiger partial charge in [0.15, 0.2) is 0 Å². The summed E-state index contributed by atoms with van der Waals surface area (Å²) in [7, 11) is 1.33. The van der Waals surface area contributed by atoms with Gasteiger partial charge in [0.2, 0.25) is 0 Å². The van der Waals surface area contributed by atoms with E-state index >= 15 is 0 Å². The van der Waals surface area contributed by atoms with Gasteiger partial charge in [-0.3, -0.25) is 27.8 Å². The number of aryl methyl sites for hydroxylation is 1. The van der Waals surface area contributed by atoms with Gasteiger partial charge in [0, 0.05) is 18.8 Å². The Morgan fingerprint density at radius 1 is 1.30 bits per heavy atom. The Labute approximate surface area is 139 Å². The fourth-order valence-electron chi connectivity index (χ4n) is 1.81. The van der Waals surface area contributed by atoms with Crippen LogP contribution in [0.15, 0.2) is 15.8 Å². The van der Waals surface area contributed by atoms with Gasteiger partial charge in [-0.1, -0.05) is 12.8 Å². The molecule has 1 rings (SSSR count). The van der Waals surface area contributed by atoms with E-state index in [2.05, 4.69) is 12.8 Å². The summed E-state index contributed by atoms with van der Waals surface area (Å²) in [6.07, 6.45) is 1.30. The molecule has 1 aromatic heterocycles. The molecule has 1 amide bonds. The Hall–Kier alpha value is -2.03. The smallest absolute Gasteiger partial charge is 0.331 e. The van der Waals surface area contributed by atoms with Crippen molar-refractivity contribution in [3.63, 3.8) is 0 Å². The van der Waals surface area contributed by atoms with Gasteiger partial charge < -0.3 is 4.74 Å². The van der Waals surface area contributed by atoms with E-state index in [-0.39, 0.29) is 13.1 Å². The predicted octanol–water partition coefficient (Wildman–Crippen LogP) is -0.129. The SMILES string of the molecule is Cc1cn(CC(=O)N(S)CC(=O)OC(C)(C)C)c(=O)n(C)c1=O. The molecule has 8 nitrogen and oxygen atoms in total. The Bertz CT molecular complexity index is 729. The number of aromatic nitrogens is 2. The fraction of sp³-hybridized carbons (Fsp3) is 0.571. The zero-order chi connectivity index (χ0) is 17.9. The molecule has 0 saturated heterocycles. The van der Waals surface area contributed by atoms with E-state index in [1.165, 1.54) is 13.2 Å². The molecule has 0 aliphatic carbocycles. The molecule has 0 saturated carbocycles. The van der Waals surface area contributed by atoms with Gasteiger partial charge in [0.25, 0.3) is 11.5 Å². The van der Waals surface area contributed by atoms with Gasteiger partial charge in [0.05, 0.1) is 0 Å². The van der Waals surface area contributed by atoms with Gasteiger partial charge >= 0.3 is 11.7 Å². The van der Waals surface area contributed by atoms with Crippen molar-refractivity contribution in [2.45, 2.75) is 39.8 Å². The molecular formula is C14H21N3O5S. The summed E-state index contributed by atoms with van der Waals surface area (Å²) < 4.78 is 7.98. The number of esters is 1. The lowest BCUT2D eigenvalue weighted by Crippen LogP contribution is -2.42. The molecule has 0 aliphatic rings. The van der Waals surface area contributed by atoms with Crippen LogP contribution in [-0.2, 0) is 27.9 Å². The topological polar surface area (TPSA) is 90.6 Å². The molecule has 128 valence electrons. The zero-order valence-electron chi connectivity index (χ0n) is 13.8. The maximum absolute atomic E-state index is 12.1. The van der Waals surface area contributed by atoms with Crippen molar-refractivity contribution >= 4 is 24.7 Å². The van der Waals surface area contributed by atoms with Crippen LogP contribution in [0.1, 0.15) is 26.3 Å². The normalized spacial score (nSPS) is 11.2. The first-order valence-corrected chi connectivity index (χ1v) is 7.30. The van der Waals surface area contributed by atoms with Crippen molar-refractivity contribution in [1.29, 1.82) is 0 Å². The standard InChI is InChI=1S/C14H21N3O5S/c1-9-6-16(13(21)15(5)12(9)20)7-10(18)17(23)8-11(19)22-14(2,3)4/h6,23H,7-8H2,1-5H3. The quantitative estimate of drug-likeness (QED) is 0.607. The second-order valence-corrected chi connectivity index (χ2v) is 6.61. The van der Waals surface area contributed by atoms with Crippen molar-refractivity contribution in [1.82, 2.24) is 13.4 Å². The van der Waals surface area contributed by atoms with E-state index in [4.69, 9.17) is 4.74 Å². The maximum Gasteiger partial charge on any atom is 0.331 e. The molecule has 9 heteroatoms. The van der Waals surface area contributed by atoms with E-state index in [1.54, 1.807) is 27.7 Å². The highest BCUT2D eigenvalue weighted by Gasteiger charge is 2.21. The van der Waals surface area contributed by atoms with Gasteiger partial charge in [-0.05, 0) is 27.7 Å². The predicted molar refractivity (Wildman–Crippen MR) is 87.2 cm³/mol. The maximum atomic E-state index is 12.1. The van der Waals surface area contributed by atoms with Gasteiger partial charge in [-0.25, -0.2) is 4.79 Å². The molecule has 0 N–H and O–H groups in total. The highest BCUT2D eigenvalue weighted by atomic mass is 32.1. The van der Waals surface area contributed by atoms with E-state index < -0.39 is 28.7 Å². The molecule has 0 radical (unpaired) electrons. The summed E-state index contributed by atoms with van der Waals surface area (Å²) >= 11 is 3.95. The number of thiol groups is 1. The molecular weight excluding hydrogens is 322 g/mol. The minimum atomic E-state index is -0.666. The number of ether oxygens (including phenoxy) is 1. The van der Waals surface area contributed by atoms with Crippen molar-refractivity contribution in [3.05, 3.63) is 32.6 Å². The zero-order valence-corrected chi connectivity index (χ0v) is 14.7. The average Bonchev–Trinajstić information content (AvgIpc) is 2.40. The average molecular weight is 343 g/mol. The number of nitrogens with zero attached hydrogens (tertiary/aromatic N) is 3. The molecule has 23 heavy (non-hydrogen) atoms. The lowest BCUT2D eigenvalue weighted by atomic mass is 10.2. The van der Waals surface area contributed by atoms with Crippen molar-refractivity contribution in [3.8, 4) is 0 Å². The summed E-state index contributed by atoms with van der Waals surface area (Å²) in [6.45, 7) is 5.99. The third-order valence-electron chi connectivity index (χ3n) is 2.82. The third-order valence-corrected chi connectivity index (χ3v) is 3.18. The van der Waals surface area contributed by atoms with E-state index in [0.29, 0.717) is 5.56 Å². The summed E-state index contributed by atoms with van der Waals surface area (Å²) in [5, 5.41) is 0. The van der Waals surface area contributed by atoms with Crippen LogP contribution in [0, 0.1) is 6.92 Å². The highest BCUT2D eigenvalue weighted by molar-refractivity contribution is 7.78. The van der Waals surface area contributed by atoms with E-state index in [1.807, 2.05) is 0 Å². The van der Waals surface area contributed by atoms with Crippen LogP contribution in [0.5, 0.6) is 0 Å². The number of hydrogen-bond donors (Lipinski definition) is 1. The second-order valence-electron chi connectivity index (χ2n) is 6.12. The van der Waals surface area contributed by atoms with E-state index in [9.17, 15) is 19.2 Å². The number of amides is 1. The minimum Gasteiger partial charge on any atom is -0.459 e. The van der Waals surface area contributed by atoms with Crippen LogP contribution in [0.4, 0.5) is 0 Å². The van der Waals surface area contributed by atoms with Crippen LogP contribution in [0.2, 0.25) is 0 Å². The fourth-order valence-corrected chi connectivity index (χ4v) is 1.99. The van der Waals surface area contributed by atoms with Crippen LogP contribution >= 0.6 is 12.8 Å². The molecule has 0 fully saturated rings. The molecule has 0 aliphatic heterocycles. The van der Waals surface area contributed by atoms with Crippen LogP contribution in [0.25, 0.3) is 0 Å². The third kappa shape index (κ3) is 5.27. The molecule has 0 aromatic carbocycles. The first kappa shape index (κ1) is 19.0. The van der Waals surface area contributed by atoms with Crippen LogP contribution in [0.3, 0.4) is 0 Å². The number of rotatable bonds is 4. The molecule has 1 aromatic rings. The summed E-state index contributed by atoms with van der Waals surface area (Å²) in [5.74, 6) is -1.18. The number of hydrogen-bond acceptors (Lipinski definition) is 6. The van der Waals surface area contributed by atoms with Crippen molar-refractivity contribution in [2.24, 2.45) is 7.05 Å². The molecule has 0 unspecified atom stereocenters. The summed E-state index contributed by atoms with van der Waals surface area (Å²) in [6, 6.07) is 0. The van der Waals surface area contributed by atoms with Crippen molar-refractivity contribution < 1.29 is 14.3 Å². The second kappa shape index (κ2) is 7.03. The molecule has 0 bridgehead atoms. The molecule has 0 atom stereocenters. The lowest BCUT2D eigenvalue weighted by Gasteiger charge is -2.22. The Balaban J connectivity index is 2.83. The summed E-state index contributed by atoms with van der Waals surface area (Å²) in [4.78, 5) is 47.3. The minimum absolute atomic E-state index is 0.331. The first-order valence-electron chi connectivity index (χ1n) is 6.90. The van der Waals surface area contributed by atoms with Crippen LogP contribution < -0.4 is 11.2 Å². The van der Waals surface area contributed by atoms with E-state index in [0.717, 1.165) is 13.4 Å². The van der Waals surface area contributed by atoms with Gasteiger partial charge in [-0.15, -0.1) is 0 Å². The highest BCUT2D eigenvalue weighted by Crippen LogP contribution is 2.08. The molecule has 1 heterocycles. The molecule has 0 spiro atoms. The van der Waals surface area contributed by atoms with Gasteiger partial charge in [0.1, 0.15) is 18.7 Å². The van der Waals surface area contributed by atoms with Gasteiger partial charge in [-0.2, -0.15) is 0 Å². The van der Waals surface area contributed by atoms with Crippen molar-refractivity contribution in [2.75, 3.05) is 6.54 Å². The monoisotopic (exact) mass is 343 g/mol. The number of carbonyl (C=O) groups is 2. The Morgan fingerprint density at radius 2 is 1.87 bits per heavy atom. The number of carbonyl (C=O) groups excluding carboxylic acids is 2. The Kier molecular flexibility index (Phi) is 5.81. The summed E-state index contributed by atoms with van der Waals surface area (Å²) in [5.41, 5.74) is -1.37. The Morgan fingerprint density at radius 3 is 2.39 bits per heavy atom. The van der Waals surface area contributed by atoms with Crippen LogP contribution in [-0.4, -0.2) is 37.5 Å².